The summed E-state index contributed by atoms with van der Waals surface area (Å²) in [5, 5.41) is 0.718. The smallest absolute Gasteiger partial charge is 0.347 e. The van der Waals surface area contributed by atoms with Crippen molar-refractivity contribution in [3.8, 4) is 23.2 Å². The molecular formula is C21H9Br2N3O4. The van der Waals surface area contributed by atoms with Crippen molar-refractivity contribution in [2.45, 2.75) is 0 Å². The fraction of sp³-hybridized carbons (Fsp3) is 0. The van der Waals surface area contributed by atoms with Gasteiger partial charge < -0.3 is 8.83 Å². The van der Waals surface area contributed by atoms with Gasteiger partial charge in [-0.15, -0.1) is 0 Å². The molecule has 0 aliphatic rings. The Bertz CT molecular complexity index is 1460. The van der Waals surface area contributed by atoms with Crippen LogP contribution in [0.5, 0.6) is 0 Å². The van der Waals surface area contributed by atoms with Crippen LogP contribution in [0.1, 0.15) is 0 Å². The van der Waals surface area contributed by atoms with E-state index in [2.05, 4.69) is 46.8 Å². The predicted octanol–water partition coefficient (Wildman–Crippen LogP) is 4.94. The van der Waals surface area contributed by atoms with E-state index in [0.29, 0.717) is 33.2 Å². The molecule has 0 atom stereocenters. The number of hydrogen-bond acceptors (Lipinski definition) is 7. The number of nitrogens with zero attached hydrogens (tertiary/aromatic N) is 3. The lowest BCUT2D eigenvalue weighted by Crippen LogP contribution is -2.05. The molecule has 0 amide bonds. The molecule has 5 aromatic rings. The van der Waals surface area contributed by atoms with Crippen LogP contribution in [0.15, 0.2) is 82.0 Å². The molecule has 0 unspecified atom stereocenters. The maximum atomic E-state index is 12.4. The van der Waals surface area contributed by atoms with E-state index in [1.807, 2.05) is 0 Å². The molecule has 0 spiro atoms. The van der Waals surface area contributed by atoms with Crippen LogP contribution in [0.25, 0.3) is 45.0 Å². The highest BCUT2D eigenvalue weighted by Crippen LogP contribution is 2.23. The van der Waals surface area contributed by atoms with Crippen molar-refractivity contribution in [3.63, 3.8) is 0 Å². The highest BCUT2D eigenvalue weighted by Gasteiger charge is 2.14. The van der Waals surface area contributed by atoms with Crippen molar-refractivity contribution in [2.24, 2.45) is 0 Å². The Balaban J connectivity index is 1.65. The number of halogens is 2. The molecule has 0 saturated heterocycles. The van der Waals surface area contributed by atoms with Gasteiger partial charge in [-0.25, -0.2) is 24.5 Å². The highest BCUT2D eigenvalue weighted by atomic mass is 79.9. The molecule has 0 aliphatic carbocycles. The minimum absolute atomic E-state index is 0.0590. The lowest BCUT2D eigenvalue weighted by molar-refractivity contribution is 0.512. The zero-order valence-electron chi connectivity index (χ0n) is 14.9. The SMILES string of the molecule is O=c1oc(-c2cccc(-c3nc4ccc(Br)cc4c(=O)o3)n2)nc2ccc(Br)cc12. The molecule has 146 valence electrons. The Morgan fingerprint density at radius 2 is 1.10 bits per heavy atom. The van der Waals surface area contributed by atoms with Gasteiger partial charge in [0.15, 0.2) is 0 Å². The van der Waals surface area contributed by atoms with Crippen LogP contribution in [-0.2, 0) is 0 Å². The Kier molecular flexibility index (Phi) is 4.56. The minimum atomic E-state index is -0.524. The molecule has 0 radical (unpaired) electrons. The quantitative estimate of drug-likeness (QED) is 0.321. The maximum absolute atomic E-state index is 12.4. The highest BCUT2D eigenvalue weighted by molar-refractivity contribution is 9.10. The van der Waals surface area contributed by atoms with Gasteiger partial charge in [0.05, 0.1) is 21.8 Å². The summed E-state index contributed by atoms with van der Waals surface area (Å²) in [5.74, 6) is 0.118. The lowest BCUT2D eigenvalue weighted by Gasteiger charge is -2.04. The van der Waals surface area contributed by atoms with Gasteiger partial charge in [-0.2, -0.15) is 0 Å². The zero-order valence-corrected chi connectivity index (χ0v) is 18.1. The number of pyridine rings is 1. The number of fused-ring (bicyclic) bond motifs is 2. The van der Waals surface area contributed by atoms with Crippen molar-refractivity contribution >= 4 is 53.7 Å². The second kappa shape index (κ2) is 7.26. The van der Waals surface area contributed by atoms with E-state index >= 15 is 0 Å². The fourth-order valence-electron chi connectivity index (χ4n) is 2.98. The third-order valence-electron chi connectivity index (χ3n) is 4.37. The molecule has 30 heavy (non-hydrogen) atoms. The van der Waals surface area contributed by atoms with E-state index < -0.39 is 11.3 Å². The van der Waals surface area contributed by atoms with E-state index in [0.717, 1.165) is 8.95 Å². The first-order valence-corrected chi connectivity index (χ1v) is 10.3. The Hall–Kier alpha value is -3.17. The van der Waals surface area contributed by atoms with Gasteiger partial charge in [-0.1, -0.05) is 37.9 Å². The molecule has 0 saturated carbocycles. The van der Waals surface area contributed by atoms with Crippen LogP contribution in [0, 0.1) is 0 Å². The summed E-state index contributed by atoms with van der Waals surface area (Å²) in [4.78, 5) is 38.0. The molecule has 0 N–H and O–H groups in total. The van der Waals surface area contributed by atoms with E-state index in [4.69, 9.17) is 8.83 Å². The Morgan fingerprint density at radius 1 is 0.633 bits per heavy atom. The van der Waals surface area contributed by atoms with Gasteiger partial charge in [0.25, 0.3) is 0 Å². The van der Waals surface area contributed by atoms with Gasteiger partial charge >= 0.3 is 11.3 Å². The number of benzene rings is 2. The van der Waals surface area contributed by atoms with E-state index in [1.165, 1.54) is 0 Å². The summed E-state index contributed by atoms with van der Waals surface area (Å²) in [6.07, 6.45) is 0. The van der Waals surface area contributed by atoms with Crippen molar-refractivity contribution < 1.29 is 8.83 Å². The lowest BCUT2D eigenvalue weighted by atomic mass is 10.2. The summed E-state index contributed by atoms with van der Waals surface area (Å²) in [6.45, 7) is 0. The van der Waals surface area contributed by atoms with Crippen LogP contribution in [0.2, 0.25) is 0 Å². The summed E-state index contributed by atoms with van der Waals surface area (Å²) in [7, 11) is 0. The average molecular weight is 527 g/mol. The first kappa shape index (κ1) is 18.8. The van der Waals surface area contributed by atoms with Crippen LogP contribution in [0.4, 0.5) is 0 Å². The summed E-state index contributed by atoms with van der Waals surface area (Å²) in [6, 6.07) is 15.3. The topological polar surface area (TPSA) is 99.1 Å². The van der Waals surface area contributed by atoms with E-state index in [9.17, 15) is 9.59 Å². The molecule has 0 fully saturated rings. The third-order valence-corrected chi connectivity index (χ3v) is 5.35. The summed E-state index contributed by atoms with van der Waals surface area (Å²) >= 11 is 6.65. The van der Waals surface area contributed by atoms with E-state index in [1.54, 1.807) is 54.6 Å². The molecule has 7 nitrogen and oxygen atoms in total. The molecule has 2 aromatic carbocycles. The predicted molar refractivity (Wildman–Crippen MR) is 118 cm³/mol. The largest absolute Gasteiger partial charge is 0.401 e. The van der Waals surface area contributed by atoms with Gasteiger partial charge in [0.2, 0.25) is 11.8 Å². The Morgan fingerprint density at radius 3 is 1.57 bits per heavy atom. The summed E-state index contributed by atoms with van der Waals surface area (Å²) < 4.78 is 12.2. The van der Waals surface area contributed by atoms with E-state index in [-0.39, 0.29) is 11.8 Å². The van der Waals surface area contributed by atoms with Gasteiger partial charge in [0.1, 0.15) is 11.4 Å². The molecule has 5 rings (SSSR count). The maximum Gasteiger partial charge on any atom is 0.347 e. The second-order valence-corrected chi connectivity index (χ2v) is 8.18. The van der Waals surface area contributed by atoms with Crippen molar-refractivity contribution in [1.82, 2.24) is 15.0 Å². The normalized spacial score (nSPS) is 11.3. The Labute approximate surface area is 184 Å². The number of rotatable bonds is 2. The first-order valence-electron chi connectivity index (χ1n) is 8.66. The molecule has 3 heterocycles. The summed E-state index contributed by atoms with van der Waals surface area (Å²) in [5.41, 5.74) is 0.550. The van der Waals surface area contributed by atoms with Crippen LogP contribution >= 0.6 is 31.9 Å². The van der Waals surface area contributed by atoms with Crippen LogP contribution in [-0.4, -0.2) is 15.0 Å². The van der Waals surface area contributed by atoms with Crippen molar-refractivity contribution in [3.05, 3.63) is 84.4 Å². The number of hydrogen-bond donors (Lipinski definition) is 0. The average Bonchev–Trinajstić information content (AvgIpc) is 2.74. The molecule has 9 heteroatoms. The third kappa shape index (κ3) is 3.35. The fourth-order valence-corrected chi connectivity index (χ4v) is 3.70. The molecule has 0 aliphatic heterocycles. The molecule has 3 aromatic heterocycles. The van der Waals surface area contributed by atoms with Gasteiger partial charge in [-0.05, 0) is 48.5 Å². The van der Waals surface area contributed by atoms with Gasteiger partial charge in [-0.3, -0.25) is 0 Å². The zero-order chi connectivity index (χ0) is 20.8. The minimum Gasteiger partial charge on any atom is -0.401 e. The van der Waals surface area contributed by atoms with Crippen LogP contribution < -0.4 is 11.3 Å². The number of aromatic nitrogens is 3. The second-order valence-electron chi connectivity index (χ2n) is 6.34. The van der Waals surface area contributed by atoms with Crippen molar-refractivity contribution in [2.75, 3.05) is 0 Å². The monoisotopic (exact) mass is 525 g/mol. The van der Waals surface area contributed by atoms with Gasteiger partial charge in [0, 0.05) is 8.95 Å². The van der Waals surface area contributed by atoms with Crippen molar-refractivity contribution in [1.29, 1.82) is 0 Å². The standard InChI is InChI=1S/C21H9Br2N3O4/c22-10-4-6-14-12(8-10)20(27)29-18(25-14)16-2-1-3-17(24-16)19-26-15-7-5-11(23)9-13(15)21(28)30-19/h1-9H. The van der Waals surface area contributed by atoms with Crippen LogP contribution in [0.3, 0.4) is 0 Å². The molecule has 0 bridgehead atoms. The molecular weight excluding hydrogens is 518 g/mol. The first-order chi connectivity index (χ1) is 14.5.